The minimum absolute atomic E-state index is 0.0520. The zero-order valence-corrected chi connectivity index (χ0v) is 25.5. The molecule has 4 aromatic rings. The number of hydrogen-bond acceptors (Lipinski definition) is 1. The Bertz CT molecular complexity index is 1690. The fourth-order valence-electron chi connectivity index (χ4n) is 6.35. The van der Waals surface area contributed by atoms with Gasteiger partial charge in [0.2, 0.25) is 0 Å². The van der Waals surface area contributed by atoms with Gasteiger partial charge in [-0.15, -0.1) is 0 Å². The highest BCUT2D eigenvalue weighted by Crippen LogP contribution is 2.41. The lowest BCUT2D eigenvalue weighted by atomic mass is 9.77. The second kappa shape index (κ2) is 14.4. The first-order valence-corrected chi connectivity index (χ1v) is 15.6. The van der Waals surface area contributed by atoms with Crippen LogP contribution in [0.3, 0.4) is 0 Å². The molecule has 5 rings (SSSR count). The molecule has 1 aliphatic carbocycles. The average Bonchev–Trinajstić information content (AvgIpc) is 3.00. The summed E-state index contributed by atoms with van der Waals surface area (Å²) in [6.45, 7) is 2.16. The molecule has 0 aromatic heterocycles. The van der Waals surface area contributed by atoms with Gasteiger partial charge in [0.1, 0.15) is 34.8 Å². The van der Waals surface area contributed by atoms with Crippen LogP contribution in [0.4, 0.5) is 39.5 Å². The Morgan fingerprint density at radius 1 is 0.681 bits per heavy atom. The largest absolute Gasteiger partial charge is 0.429 e. The van der Waals surface area contributed by atoms with E-state index in [1.165, 1.54) is 31.4 Å². The second-order valence-corrected chi connectivity index (χ2v) is 12.1. The third-order valence-electron chi connectivity index (χ3n) is 8.92. The van der Waals surface area contributed by atoms with Gasteiger partial charge in [0, 0.05) is 17.2 Å². The maximum Gasteiger partial charge on any atom is 0.429 e. The predicted molar refractivity (Wildman–Crippen MR) is 162 cm³/mol. The van der Waals surface area contributed by atoms with Crippen molar-refractivity contribution in [3.63, 3.8) is 0 Å². The summed E-state index contributed by atoms with van der Waals surface area (Å²) in [7, 11) is 0. The molecule has 1 nitrogen and oxygen atoms in total. The number of rotatable bonds is 11. The van der Waals surface area contributed by atoms with Gasteiger partial charge in [-0.2, -0.15) is 8.78 Å². The van der Waals surface area contributed by atoms with E-state index in [2.05, 4.69) is 6.92 Å². The van der Waals surface area contributed by atoms with E-state index in [-0.39, 0.29) is 28.2 Å². The third kappa shape index (κ3) is 7.79. The number of alkyl halides is 4. The van der Waals surface area contributed by atoms with E-state index in [9.17, 15) is 26.3 Å². The van der Waals surface area contributed by atoms with Gasteiger partial charge in [-0.05, 0) is 96.7 Å². The van der Waals surface area contributed by atoms with Crippen LogP contribution >= 0.6 is 0 Å². The van der Waals surface area contributed by atoms with E-state index >= 15 is 13.2 Å². The smallest absolute Gasteiger partial charge is 0.429 e. The van der Waals surface area contributed by atoms with E-state index < -0.39 is 58.5 Å². The quantitative estimate of drug-likeness (QED) is 0.115. The van der Waals surface area contributed by atoms with E-state index in [1.54, 1.807) is 0 Å². The van der Waals surface area contributed by atoms with Crippen LogP contribution in [0.2, 0.25) is 0 Å². The van der Waals surface area contributed by atoms with Crippen LogP contribution in [0, 0.1) is 35.0 Å². The van der Waals surface area contributed by atoms with E-state index in [0.717, 1.165) is 68.5 Å². The van der Waals surface area contributed by atoms with E-state index in [4.69, 9.17) is 4.74 Å². The van der Waals surface area contributed by atoms with Crippen molar-refractivity contribution < 1.29 is 44.3 Å². The third-order valence-corrected chi connectivity index (χ3v) is 8.92. The molecule has 0 unspecified atom stereocenters. The highest BCUT2D eigenvalue weighted by Gasteiger charge is 2.38. The molecule has 47 heavy (non-hydrogen) atoms. The van der Waals surface area contributed by atoms with Gasteiger partial charge in [-0.1, -0.05) is 50.8 Å². The second-order valence-electron chi connectivity index (χ2n) is 12.1. The molecule has 0 N–H and O–H groups in total. The number of halogens is 9. The van der Waals surface area contributed by atoms with Crippen LogP contribution in [0.25, 0.3) is 22.3 Å². The van der Waals surface area contributed by atoms with Crippen LogP contribution in [-0.4, -0.2) is 0 Å². The highest BCUT2D eigenvalue weighted by molar-refractivity contribution is 5.72. The zero-order chi connectivity index (χ0) is 33.9. The minimum Gasteiger partial charge on any atom is -0.429 e. The number of unbranched alkanes of at least 4 members (excludes halogenated alkanes) is 2. The van der Waals surface area contributed by atoms with Crippen molar-refractivity contribution in [3.05, 3.63) is 113 Å². The topological polar surface area (TPSA) is 9.23 Å². The Kier molecular flexibility index (Phi) is 10.6. The van der Waals surface area contributed by atoms with Crippen LogP contribution in [0.15, 0.2) is 66.7 Å². The van der Waals surface area contributed by atoms with Crippen molar-refractivity contribution in [1.29, 1.82) is 0 Å². The van der Waals surface area contributed by atoms with E-state index in [1.807, 2.05) is 0 Å². The van der Waals surface area contributed by atoms with Crippen molar-refractivity contribution >= 4 is 0 Å². The molecule has 10 heteroatoms. The maximum absolute atomic E-state index is 15.1. The lowest BCUT2D eigenvalue weighted by molar-refractivity contribution is -0.187. The van der Waals surface area contributed by atoms with E-state index in [0.29, 0.717) is 29.7 Å². The zero-order valence-electron chi connectivity index (χ0n) is 25.5. The molecule has 250 valence electrons. The number of ether oxygens (including phenoxy) is 1. The lowest BCUT2D eigenvalue weighted by Crippen LogP contribution is -2.24. The molecule has 1 saturated carbocycles. The highest BCUT2D eigenvalue weighted by atomic mass is 19.3. The first kappa shape index (κ1) is 34.4. The molecule has 1 fully saturated rings. The van der Waals surface area contributed by atoms with Gasteiger partial charge in [0.15, 0.2) is 0 Å². The summed E-state index contributed by atoms with van der Waals surface area (Å²) < 4.78 is 134. The minimum atomic E-state index is -4.13. The van der Waals surface area contributed by atoms with Crippen molar-refractivity contribution in [2.75, 3.05) is 0 Å². The molecule has 0 bridgehead atoms. The summed E-state index contributed by atoms with van der Waals surface area (Å²) in [6, 6.07) is 10.6. The Hall–Kier alpha value is -3.95. The fraction of sp³-hybridized carbons (Fsp3) is 0.351. The molecule has 0 radical (unpaired) electrons. The summed E-state index contributed by atoms with van der Waals surface area (Å²) in [5.41, 5.74) is -2.74. The number of benzene rings is 4. The van der Waals surface area contributed by atoms with Gasteiger partial charge in [-0.25, -0.2) is 30.7 Å². The molecule has 1 aliphatic rings. The normalized spacial score (nSPS) is 16.9. The monoisotopic (exact) mass is 664 g/mol. The Balaban J connectivity index is 1.28. The summed E-state index contributed by atoms with van der Waals surface area (Å²) in [6.07, 6.45) is 0.963. The van der Waals surface area contributed by atoms with Crippen molar-refractivity contribution in [2.24, 2.45) is 5.92 Å². The summed E-state index contributed by atoms with van der Waals surface area (Å²) >= 11 is 0. The Morgan fingerprint density at radius 2 is 1.30 bits per heavy atom. The average molecular weight is 665 g/mol. The molecular weight excluding hydrogens is 631 g/mol. The van der Waals surface area contributed by atoms with Crippen molar-refractivity contribution in [2.45, 2.75) is 76.7 Å². The lowest BCUT2D eigenvalue weighted by Gasteiger charge is -2.29. The van der Waals surface area contributed by atoms with Gasteiger partial charge >= 0.3 is 6.11 Å². The molecule has 0 amide bonds. The van der Waals surface area contributed by atoms with Gasteiger partial charge < -0.3 is 4.74 Å². The van der Waals surface area contributed by atoms with Crippen LogP contribution < -0.4 is 4.74 Å². The predicted octanol–water partition coefficient (Wildman–Crippen LogP) is 12.6. The molecule has 0 heterocycles. The van der Waals surface area contributed by atoms with Crippen molar-refractivity contribution in [3.8, 4) is 28.0 Å². The van der Waals surface area contributed by atoms with Gasteiger partial charge in [-0.3, -0.25) is 0 Å². The fourth-order valence-corrected chi connectivity index (χ4v) is 6.35. The molecule has 0 saturated heterocycles. The van der Waals surface area contributed by atoms with Crippen molar-refractivity contribution in [1.82, 2.24) is 0 Å². The maximum atomic E-state index is 15.1. The molecule has 0 spiro atoms. The summed E-state index contributed by atoms with van der Waals surface area (Å²) in [5, 5.41) is 0. The van der Waals surface area contributed by atoms with Crippen LogP contribution in [0.1, 0.15) is 87.3 Å². The van der Waals surface area contributed by atoms with Gasteiger partial charge in [0.25, 0.3) is 6.43 Å². The molecular formula is C37H33F9O. The van der Waals surface area contributed by atoms with Crippen LogP contribution in [0.5, 0.6) is 5.75 Å². The standard InChI is InChI=1S/C37H33F9O/c1-2-3-4-5-21-6-8-22(9-7-21)23-11-15-29(32(40)16-23)37(45,46)47-26-12-14-27(31(39)20-26)24-10-13-28(30(38)17-24)25-18-33(41)35(36(43)44)34(42)19-25/h10-22,36H,2-9H2,1H3. The first-order chi connectivity index (χ1) is 22.4. The molecule has 0 atom stereocenters. The van der Waals surface area contributed by atoms with Crippen LogP contribution in [-0.2, 0) is 6.11 Å². The molecule has 0 aliphatic heterocycles. The summed E-state index contributed by atoms with van der Waals surface area (Å²) in [5.74, 6) is -6.23. The summed E-state index contributed by atoms with van der Waals surface area (Å²) in [4.78, 5) is 0. The van der Waals surface area contributed by atoms with Gasteiger partial charge in [0.05, 0.1) is 11.1 Å². The SMILES string of the molecule is CCCCCC1CCC(c2ccc(C(F)(F)Oc3ccc(-c4ccc(-c5cc(F)c(C(F)F)c(F)c5)c(F)c4)c(F)c3)c(F)c2)CC1. The first-order valence-electron chi connectivity index (χ1n) is 15.6. The molecule has 4 aromatic carbocycles. The number of hydrogen-bond donors (Lipinski definition) is 0. The Labute approximate surface area is 267 Å². The Morgan fingerprint density at radius 3 is 1.89 bits per heavy atom.